The smallest absolute Gasteiger partial charge is 0.118 e. The van der Waals surface area contributed by atoms with Crippen LogP contribution >= 0.6 is 0 Å². The highest BCUT2D eigenvalue weighted by molar-refractivity contribution is 5.29. The van der Waals surface area contributed by atoms with Gasteiger partial charge in [0, 0.05) is 32.2 Å². The minimum absolute atomic E-state index is 0.141. The van der Waals surface area contributed by atoms with Crippen molar-refractivity contribution in [1.82, 2.24) is 9.80 Å². The zero-order chi connectivity index (χ0) is 13.8. The number of aliphatic hydroxyl groups excluding tert-OH is 1. The lowest BCUT2D eigenvalue weighted by molar-refractivity contribution is 0.0315. The fourth-order valence-corrected chi connectivity index (χ4v) is 2.51. The van der Waals surface area contributed by atoms with E-state index in [1.165, 1.54) is 0 Å². The van der Waals surface area contributed by atoms with E-state index in [0.29, 0.717) is 0 Å². The third-order valence-electron chi connectivity index (χ3n) is 4.03. The SMILES string of the molecule is COc1ccc(C(O)C(C)N2CCN(C)CC2)cc1. The molecule has 1 fully saturated rings. The first-order valence-corrected chi connectivity index (χ1v) is 6.86. The Morgan fingerprint density at radius 3 is 2.21 bits per heavy atom. The molecule has 106 valence electrons. The van der Waals surface area contributed by atoms with E-state index in [1.807, 2.05) is 24.3 Å². The van der Waals surface area contributed by atoms with Crippen molar-refractivity contribution in [2.24, 2.45) is 0 Å². The lowest BCUT2D eigenvalue weighted by atomic mass is 10.0. The highest BCUT2D eigenvalue weighted by Gasteiger charge is 2.25. The third-order valence-corrected chi connectivity index (χ3v) is 4.03. The van der Waals surface area contributed by atoms with Gasteiger partial charge in [0.15, 0.2) is 0 Å². The number of hydrogen-bond donors (Lipinski definition) is 1. The molecule has 2 unspecified atom stereocenters. The zero-order valence-corrected chi connectivity index (χ0v) is 12.0. The molecule has 19 heavy (non-hydrogen) atoms. The molecule has 0 bridgehead atoms. The molecule has 2 atom stereocenters. The number of nitrogens with zero attached hydrogens (tertiary/aromatic N) is 2. The van der Waals surface area contributed by atoms with Crippen LogP contribution in [0.4, 0.5) is 0 Å². The van der Waals surface area contributed by atoms with Crippen LogP contribution in [0.1, 0.15) is 18.6 Å². The van der Waals surface area contributed by atoms with Gasteiger partial charge in [-0.3, -0.25) is 4.90 Å². The zero-order valence-electron chi connectivity index (χ0n) is 12.0. The fraction of sp³-hybridized carbons (Fsp3) is 0.600. The second kappa shape index (κ2) is 6.37. The van der Waals surface area contributed by atoms with Crippen LogP contribution in [0, 0.1) is 0 Å². The van der Waals surface area contributed by atoms with Crippen molar-refractivity contribution in [3.8, 4) is 5.75 Å². The van der Waals surface area contributed by atoms with Gasteiger partial charge in [-0.25, -0.2) is 0 Å². The van der Waals surface area contributed by atoms with Gasteiger partial charge in [0.2, 0.25) is 0 Å². The van der Waals surface area contributed by atoms with Crippen LogP contribution < -0.4 is 4.74 Å². The third kappa shape index (κ3) is 3.47. The maximum atomic E-state index is 10.5. The van der Waals surface area contributed by atoms with Gasteiger partial charge in [0.1, 0.15) is 5.75 Å². The monoisotopic (exact) mass is 264 g/mol. The number of aliphatic hydroxyl groups is 1. The minimum atomic E-state index is -0.450. The summed E-state index contributed by atoms with van der Waals surface area (Å²) in [5.74, 6) is 0.822. The first-order chi connectivity index (χ1) is 9.11. The van der Waals surface area contributed by atoms with E-state index in [9.17, 15) is 5.11 Å². The number of methoxy groups -OCH3 is 1. The Kier molecular flexibility index (Phi) is 4.80. The minimum Gasteiger partial charge on any atom is -0.497 e. The quantitative estimate of drug-likeness (QED) is 0.891. The van der Waals surface area contributed by atoms with Crippen molar-refractivity contribution >= 4 is 0 Å². The Morgan fingerprint density at radius 1 is 1.11 bits per heavy atom. The van der Waals surface area contributed by atoms with Crippen molar-refractivity contribution in [3.63, 3.8) is 0 Å². The Hall–Kier alpha value is -1.10. The Morgan fingerprint density at radius 2 is 1.68 bits per heavy atom. The lowest BCUT2D eigenvalue weighted by Crippen LogP contribution is -2.49. The summed E-state index contributed by atoms with van der Waals surface area (Å²) in [4.78, 5) is 4.68. The van der Waals surface area contributed by atoms with Crippen molar-refractivity contribution in [1.29, 1.82) is 0 Å². The fourth-order valence-electron chi connectivity index (χ4n) is 2.51. The summed E-state index contributed by atoms with van der Waals surface area (Å²) in [5, 5.41) is 10.5. The van der Waals surface area contributed by atoms with Gasteiger partial charge in [-0.2, -0.15) is 0 Å². The molecule has 1 aromatic carbocycles. The van der Waals surface area contributed by atoms with E-state index in [4.69, 9.17) is 4.74 Å². The molecule has 1 aliphatic rings. The van der Waals surface area contributed by atoms with Crippen LogP contribution in [-0.2, 0) is 0 Å². The number of hydrogen-bond acceptors (Lipinski definition) is 4. The number of benzene rings is 1. The van der Waals surface area contributed by atoms with Crippen molar-refractivity contribution in [2.75, 3.05) is 40.3 Å². The van der Waals surface area contributed by atoms with Crippen molar-refractivity contribution in [2.45, 2.75) is 19.1 Å². The van der Waals surface area contributed by atoms with Crippen LogP contribution in [0.15, 0.2) is 24.3 Å². The van der Waals surface area contributed by atoms with Gasteiger partial charge in [-0.1, -0.05) is 12.1 Å². The molecule has 4 heteroatoms. The second-order valence-electron chi connectivity index (χ2n) is 5.30. The molecule has 1 N–H and O–H groups in total. The highest BCUT2D eigenvalue weighted by Crippen LogP contribution is 2.23. The van der Waals surface area contributed by atoms with Crippen molar-refractivity contribution in [3.05, 3.63) is 29.8 Å². The molecule has 1 aliphatic heterocycles. The first-order valence-electron chi connectivity index (χ1n) is 6.86. The van der Waals surface area contributed by atoms with E-state index in [-0.39, 0.29) is 6.04 Å². The topological polar surface area (TPSA) is 35.9 Å². The largest absolute Gasteiger partial charge is 0.497 e. The summed E-state index contributed by atoms with van der Waals surface area (Å²) in [6.45, 7) is 6.27. The summed E-state index contributed by atoms with van der Waals surface area (Å²) in [6, 6.07) is 7.82. The Labute approximate surface area is 115 Å². The molecule has 2 rings (SSSR count). The van der Waals surface area contributed by atoms with E-state index in [2.05, 4.69) is 23.8 Å². The van der Waals surface area contributed by atoms with Crippen LogP contribution in [-0.4, -0.2) is 61.3 Å². The number of likely N-dealkylation sites (N-methyl/N-ethyl adjacent to an activating group) is 1. The van der Waals surface area contributed by atoms with Gasteiger partial charge in [0.25, 0.3) is 0 Å². The summed E-state index contributed by atoms with van der Waals surface area (Å²) in [5.41, 5.74) is 0.951. The summed E-state index contributed by atoms with van der Waals surface area (Å²) < 4.78 is 5.14. The predicted octanol–water partition coefficient (Wildman–Crippen LogP) is 1.36. The van der Waals surface area contributed by atoms with Gasteiger partial charge >= 0.3 is 0 Å². The molecule has 1 heterocycles. The van der Waals surface area contributed by atoms with Crippen LogP contribution in [0.3, 0.4) is 0 Å². The molecule has 0 saturated carbocycles. The Balaban J connectivity index is 1.99. The number of rotatable bonds is 4. The summed E-state index contributed by atoms with van der Waals surface area (Å²) in [6.07, 6.45) is -0.450. The van der Waals surface area contributed by atoms with Crippen LogP contribution in [0.5, 0.6) is 5.75 Å². The summed E-state index contributed by atoms with van der Waals surface area (Å²) in [7, 11) is 3.79. The standard InChI is InChI=1S/C15H24N2O2/c1-12(17-10-8-16(2)9-11-17)15(18)13-4-6-14(19-3)7-5-13/h4-7,12,15,18H,8-11H2,1-3H3. The Bertz CT molecular complexity index is 386. The lowest BCUT2D eigenvalue weighted by Gasteiger charge is -2.38. The average molecular weight is 264 g/mol. The maximum absolute atomic E-state index is 10.5. The molecule has 0 aromatic heterocycles. The molecule has 4 nitrogen and oxygen atoms in total. The maximum Gasteiger partial charge on any atom is 0.118 e. The molecular weight excluding hydrogens is 240 g/mol. The summed E-state index contributed by atoms with van der Waals surface area (Å²) >= 11 is 0. The van der Waals surface area contributed by atoms with Crippen LogP contribution in [0.2, 0.25) is 0 Å². The molecule has 1 aromatic rings. The number of piperazine rings is 1. The van der Waals surface area contributed by atoms with E-state index < -0.39 is 6.10 Å². The molecule has 0 spiro atoms. The van der Waals surface area contributed by atoms with Gasteiger partial charge in [0.05, 0.1) is 13.2 Å². The second-order valence-corrected chi connectivity index (χ2v) is 5.30. The molecule has 0 aliphatic carbocycles. The van der Waals surface area contributed by atoms with Gasteiger partial charge < -0.3 is 14.7 Å². The average Bonchev–Trinajstić information content (AvgIpc) is 2.46. The van der Waals surface area contributed by atoms with E-state index >= 15 is 0 Å². The predicted molar refractivity (Wildman–Crippen MR) is 76.5 cm³/mol. The molecular formula is C15H24N2O2. The first kappa shape index (κ1) is 14.3. The van der Waals surface area contributed by atoms with Crippen LogP contribution in [0.25, 0.3) is 0 Å². The normalized spacial score (nSPS) is 21.1. The van der Waals surface area contributed by atoms with E-state index in [1.54, 1.807) is 7.11 Å². The molecule has 1 saturated heterocycles. The molecule has 0 amide bonds. The van der Waals surface area contributed by atoms with Gasteiger partial charge in [-0.05, 0) is 31.7 Å². The number of ether oxygens (including phenoxy) is 1. The highest BCUT2D eigenvalue weighted by atomic mass is 16.5. The van der Waals surface area contributed by atoms with E-state index in [0.717, 1.165) is 37.5 Å². The van der Waals surface area contributed by atoms with Crippen molar-refractivity contribution < 1.29 is 9.84 Å². The van der Waals surface area contributed by atoms with Gasteiger partial charge in [-0.15, -0.1) is 0 Å². The molecule has 0 radical (unpaired) electrons.